The van der Waals surface area contributed by atoms with Crippen molar-refractivity contribution in [1.29, 1.82) is 0 Å². The Bertz CT molecular complexity index is 466. The summed E-state index contributed by atoms with van der Waals surface area (Å²) in [5.41, 5.74) is 0.0824. The van der Waals surface area contributed by atoms with Gasteiger partial charge in [0.2, 0.25) is 6.54 Å². The third kappa shape index (κ3) is 5.94. The zero-order valence-electron chi connectivity index (χ0n) is 12.9. The number of carboxylic acids is 1. The van der Waals surface area contributed by atoms with E-state index in [-0.39, 0.29) is 18.0 Å². The summed E-state index contributed by atoms with van der Waals surface area (Å²) in [6, 6.07) is 3.07. The van der Waals surface area contributed by atoms with Gasteiger partial charge in [0.25, 0.3) is 5.91 Å². The van der Waals surface area contributed by atoms with Crippen LogP contribution in [0.15, 0.2) is 24.5 Å². The molecule has 0 aromatic carbocycles. The normalized spacial score (nSPS) is 10.4. The molecule has 0 saturated heterocycles. The molecule has 1 heterocycles. The smallest absolute Gasteiger partial charge is 0.288 e. The van der Waals surface area contributed by atoms with Crippen molar-refractivity contribution in [2.75, 3.05) is 13.1 Å². The van der Waals surface area contributed by atoms with Crippen molar-refractivity contribution >= 4 is 11.9 Å². The summed E-state index contributed by atoms with van der Waals surface area (Å²) in [6.07, 6.45) is 7.19. The van der Waals surface area contributed by atoms with Gasteiger partial charge in [-0.05, 0) is 18.9 Å². The minimum atomic E-state index is -1.23. The molecule has 116 valence electrons. The van der Waals surface area contributed by atoms with Crippen LogP contribution in [-0.2, 0) is 11.3 Å². The lowest BCUT2D eigenvalue weighted by molar-refractivity contribution is -0.685. The lowest BCUT2D eigenvalue weighted by Gasteiger charge is -2.21. The van der Waals surface area contributed by atoms with Crippen molar-refractivity contribution in [1.82, 2.24) is 4.90 Å². The number of carboxylic acid groups (broad SMARTS) is 1. The van der Waals surface area contributed by atoms with Gasteiger partial charge in [-0.3, -0.25) is 4.79 Å². The SMILES string of the molecule is CCCCN(CCCC)C(=O)C[n+]1cccc(C(=O)[O-])c1. The molecule has 0 radical (unpaired) electrons. The van der Waals surface area contributed by atoms with Crippen molar-refractivity contribution in [2.45, 2.75) is 46.1 Å². The average molecular weight is 292 g/mol. The number of carbonyl (C=O) groups excluding carboxylic acids is 2. The third-order valence-corrected chi connectivity index (χ3v) is 3.33. The van der Waals surface area contributed by atoms with E-state index < -0.39 is 5.97 Å². The Kier molecular flexibility index (Phi) is 7.43. The van der Waals surface area contributed by atoms with Gasteiger partial charge in [-0.15, -0.1) is 0 Å². The Morgan fingerprint density at radius 2 is 1.81 bits per heavy atom. The van der Waals surface area contributed by atoms with E-state index in [1.165, 1.54) is 12.3 Å². The number of hydrogen-bond acceptors (Lipinski definition) is 3. The molecule has 0 aliphatic heterocycles. The van der Waals surface area contributed by atoms with Crippen LogP contribution in [0.1, 0.15) is 49.9 Å². The lowest BCUT2D eigenvalue weighted by atomic mass is 10.2. The molecule has 0 aliphatic rings. The van der Waals surface area contributed by atoms with Crippen LogP contribution in [0.2, 0.25) is 0 Å². The topological polar surface area (TPSA) is 64.3 Å². The first-order valence-electron chi connectivity index (χ1n) is 7.56. The average Bonchev–Trinajstić information content (AvgIpc) is 2.47. The minimum absolute atomic E-state index is 0.0254. The molecule has 21 heavy (non-hydrogen) atoms. The van der Waals surface area contributed by atoms with Crippen molar-refractivity contribution in [3.05, 3.63) is 30.1 Å². The van der Waals surface area contributed by atoms with Crippen LogP contribution in [0.4, 0.5) is 0 Å². The number of rotatable bonds is 9. The number of hydrogen-bond donors (Lipinski definition) is 0. The van der Waals surface area contributed by atoms with E-state index in [1.807, 2.05) is 4.90 Å². The standard InChI is InChI=1S/C16H24N2O3/c1-3-5-10-18(11-6-4-2)15(19)13-17-9-7-8-14(12-17)16(20)21/h7-9,12H,3-6,10-11,13H2,1-2H3. The van der Waals surface area contributed by atoms with E-state index >= 15 is 0 Å². The fraction of sp³-hybridized carbons (Fsp3) is 0.562. The van der Waals surface area contributed by atoms with E-state index in [1.54, 1.807) is 16.8 Å². The maximum atomic E-state index is 12.3. The Labute approximate surface area is 126 Å². The van der Waals surface area contributed by atoms with Crippen molar-refractivity contribution < 1.29 is 19.3 Å². The molecule has 5 heteroatoms. The van der Waals surface area contributed by atoms with Gasteiger partial charge in [0, 0.05) is 19.2 Å². The third-order valence-electron chi connectivity index (χ3n) is 3.33. The highest BCUT2D eigenvalue weighted by Crippen LogP contribution is 2.00. The number of nitrogens with zero attached hydrogens (tertiary/aromatic N) is 2. The van der Waals surface area contributed by atoms with E-state index in [9.17, 15) is 14.7 Å². The Morgan fingerprint density at radius 3 is 2.33 bits per heavy atom. The largest absolute Gasteiger partial charge is 0.545 e. The molecule has 0 fully saturated rings. The molecule has 0 spiro atoms. The molecule has 0 atom stereocenters. The van der Waals surface area contributed by atoms with Crippen LogP contribution >= 0.6 is 0 Å². The number of carbonyl (C=O) groups is 2. The highest BCUT2D eigenvalue weighted by atomic mass is 16.4. The Hall–Kier alpha value is -1.91. The van der Waals surface area contributed by atoms with Gasteiger partial charge in [-0.1, -0.05) is 26.7 Å². The molecule has 0 N–H and O–H groups in total. The summed E-state index contributed by atoms with van der Waals surface area (Å²) >= 11 is 0. The van der Waals surface area contributed by atoms with Crippen LogP contribution in [0.5, 0.6) is 0 Å². The molecular weight excluding hydrogens is 268 g/mol. The lowest BCUT2D eigenvalue weighted by Crippen LogP contribution is -2.45. The second-order valence-corrected chi connectivity index (χ2v) is 5.14. The second kappa shape index (κ2) is 9.10. The van der Waals surface area contributed by atoms with E-state index in [0.29, 0.717) is 0 Å². The molecule has 1 rings (SSSR count). The van der Waals surface area contributed by atoms with Crippen LogP contribution in [0, 0.1) is 0 Å². The maximum Gasteiger partial charge on any atom is 0.288 e. The maximum absolute atomic E-state index is 12.3. The van der Waals surface area contributed by atoms with Crippen molar-refractivity contribution in [3.63, 3.8) is 0 Å². The number of amides is 1. The van der Waals surface area contributed by atoms with Gasteiger partial charge < -0.3 is 14.8 Å². The summed E-state index contributed by atoms with van der Waals surface area (Å²) in [4.78, 5) is 25.1. The fourth-order valence-electron chi connectivity index (χ4n) is 2.06. The number of aromatic nitrogens is 1. The van der Waals surface area contributed by atoms with Gasteiger partial charge >= 0.3 is 0 Å². The van der Waals surface area contributed by atoms with Gasteiger partial charge in [-0.25, -0.2) is 0 Å². The summed E-state index contributed by atoms with van der Waals surface area (Å²) in [6.45, 7) is 5.88. The molecule has 5 nitrogen and oxygen atoms in total. The first-order chi connectivity index (χ1) is 10.1. The van der Waals surface area contributed by atoms with E-state index in [4.69, 9.17) is 0 Å². The van der Waals surface area contributed by atoms with Gasteiger partial charge in [0.1, 0.15) is 0 Å². The summed E-state index contributed by atoms with van der Waals surface area (Å²) in [5, 5.41) is 10.8. The second-order valence-electron chi connectivity index (χ2n) is 5.14. The van der Waals surface area contributed by atoms with Gasteiger partial charge in [-0.2, -0.15) is 4.57 Å². The molecule has 1 amide bonds. The van der Waals surface area contributed by atoms with Gasteiger partial charge in [0.15, 0.2) is 12.4 Å². The van der Waals surface area contributed by atoms with Crippen LogP contribution in [0.25, 0.3) is 0 Å². The molecule has 1 aromatic rings. The molecular formula is C16H24N2O3. The summed E-state index contributed by atoms with van der Waals surface area (Å²) in [7, 11) is 0. The number of pyridine rings is 1. The molecule has 0 bridgehead atoms. The minimum Gasteiger partial charge on any atom is -0.545 e. The van der Waals surface area contributed by atoms with Crippen LogP contribution < -0.4 is 9.67 Å². The fourth-order valence-corrected chi connectivity index (χ4v) is 2.06. The quantitative estimate of drug-likeness (QED) is 0.631. The monoisotopic (exact) mass is 292 g/mol. The Balaban J connectivity index is 2.70. The van der Waals surface area contributed by atoms with Crippen LogP contribution in [-0.4, -0.2) is 29.9 Å². The zero-order valence-corrected chi connectivity index (χ0v) is 12.9. The summed E-state index contributed by atoms with van der Waals surface area (Å²) < 4.78 is 1.60. The van der Waals surface area contributed by atoms with Crippen molar-refractivity contribution in [3.8, 4) is 0 Å². The summed E-state index contributed by atoms with van der Waals surface area (Å²) in [5.74, 6) is -1.21. The van der Waals surface area contributed by atoms with Gasteiger partial charge in [0.05, 0.1) is 11.5 Å². The predicted molar refractivity (Wildman–Crippen MR) is 77.4 cm³/mol. The molecule has 0 aliphatic carbocycles. The molecule has 0 saturated carbocycles. The van der Waals surface area contributed by atoms with Crippen LogP contribution in [0.3, 0.4) is 0 Å². The first-order valence-corrected chi connectivity index (χ1v) is 7.56. The number of unbranched alkanes of at least 4 members (excludes halogenated alkanes) is 2. The Morgan fingerprint density at radius 1 is 1.19 bits per heavy atom. The van der Waals surface area contributed by atoms with Crippen molar-refractivity contribution in [2.24, 2.45) is 0 Å². The number of aromatic carboxylic acids is 1. The highest BCUT2D eigenvalue weighted by Gasteiger charge is 2.17. The molecule has 0 unspecified atom stereocenters. The highest BCUT2D eigenvalue weighted by molar-refractivity contribution is 5.84. The zero-order chi connectivity index (χ0) is 15.7. The first kappa shape index (κ1) is 17.1. The van der Waals surface area contributed by atoms with E-state index in [0.717, 1.165) is 38.8 Å². The van der Waals surface area contributed by atoms with E-state index in [2.05, 4.69) is 13.8 Å². The molecule has 1 aromatic heterocycles. The predicted octanol–water partition coefficient (Wildman–Crippen LogP) is 0.766.